The largest absolute Gasteiger partial charge is 0.393 e. The van der Waals surface area contributed by atoms with Crippen LogP contribution in [0.5, 0.6) is 0 Å². The third-order valence-electron chi connectivity index (χ3n) is 4.09. The van der Waals surface area contributed by atoms with Crippen molar-refractivity contribution in [1.82, 2.24) is 9.97 Å². The Morgan fingerprint density at radius 2 is 1.90 bits per heavy atom. The highest BCUT2D eigenvalue weighted by Crippen LogP contribution is 2.26. The van der Waals surface area contributed by atoms with Gasteiger partial charge in [-0.15, -0.1) is 0 Å². The highest BCUT2D eigenvalue weighted by atomic mass is 16.3. The molecule has 5 heteroatoms. The van der Waals surface area contributed by atoms with Crippen LogP contribution >= 0.6 is 0 Å². The minimum atomic E-state index is -0.102. The second-order valence-electron chi connectivity index (χ2n) is 6.15. The number of nitrogens with two attached hydrogens (primary N) is 1. The first-order valence-corrected chi connectivity index (χ1v) is 7.53. The van der Waals surface area contributed by atoms with E-state index in [9.17, 15) is 5.11 Å². The summed E-state index contributed by atoms with van der Waals surface area (Å²) in [5, 5.41) is 13.0. The van der Waals surface area contributed by atoms with Crippen molar-refractivity contribution >= 4 is 11.6 Å². The molecule has 0 radical (unpaired) electrons. The van der Waals surface area contributed by atoms with Gasteiger partial charge >= 0.3 is 0 Å². The zero-order valence-electron chi connectivity index (χ0n) is 12.7. The van der Waals surface area contributed by atoms with Crippen LogP contribution < -0.4 is 11.1 Å². The zero-order valence-corrected chi connectivity index (χ0v) is 12.7. The molecule has 0 unspecified atom stereocenters. The molecule has 0 aromatic carbocycles. The molecule has 0 aliphatic heterocycles. The molecular weight excluding hydrogens is 252 g/mol. The van der Waals surface area contributed by atoms with Crippen molar-refractivity contribution in [3.05, 3.63) is 11.4 Å². The van der Waals surface area contributed by atoms with E-state index < -0.39 is 0 Å². The molecule has 0 amide bonds. The second kappa shape index (κ2) is 6.39. The Bertz CT molecular complexity index is 453. The molecule has 0 atom stereocenters. The number of hydrogen-bond donors (Lipinski definition) is 3. The number of nitrogens with one attached hydrogen (secondary N) is 1. The summed E-state index contributed by atoms with van der Waals surface area (Å²) < 4.78 is 0. The predicted octanol–water partition coefficient (Wildman–Crippen LogP) is 2.45. The number of nitrogens with zero attached hydrogens (tertiary/aromatic N) is 2. The molecule has 1 aromatic rings. The summed E-state index contributed by atoms with van der Waals surface area (Å²) in [6.45, 7) is 6.97. The Morgan fingerprint density at radius 3 is 2.50 bits per heavy atom. The van der Waals surface area contributed by atoms with Crippen LogP contribution in [0.15, 0.2) is 0 Å². The summed E-state index contributed by atoms with van der Waals surface area (Å²) >= 11 is 0. The summed E-state index contributed by atoms with van der Waals surface area (Å²) in [6.07, 6.45) is 3.87. The first kappa shape index (κ1) is 15.0. The molecule has 4 N–H and O–H groups in total. The van der Waals surface area contributed by atoms with Gasteiger partial charge in [0.1, 0.15) is 17.5 Å². The number of hydrogen-bond acceptors (Lipinski definition) is 5. The molecule has 1 aromatic heterocycles. The van der Waals surface area contributed by atoms with E-state index in [4.69, 9.17) is 5.73 Å². The van der Waals surface area contributed by atoms with Gasteiger partial charge in [0.25, 0.3) is 0 Å². The van der Waals surface area contributed by atoms with Crippen LogP contribution in [0.2, 0.25) is 0 Å². The fraction of sp³-hybridized carbons (Fsp3) is 0.733. The molecule has 1 aliphatic carbocycles. The highest BCUT2D eigenvalue weighted by molar-refractivity contribution is 5.54. The molecule has 112 valence electrons. The first-order valence-electron chi connectivity index (χ1n) is 7.53. The maximum atomic E-state index is 9.53. The molecule has 1 saturated carbocycles. The summed E-state index contributed by atoms with van der Waals surface area (Å²) in [5.41, 5.74) is 6.88. The van der Waals surface area contributed by atoms with Crippen LogP contribution in [0.25, 0.3) is 0 Å². The van der Waals surface area contributed by atoms with Crippen molar-refractivity contribution in [2.75, 3.05) is 17.6 Å². The monoisotopic (exact) mass is 278 g/mol. The van der Waals surface area contributed by atoms with Crippen molar-refractivity contribution in [3.8, 4) is 0 Å². The third-order valence-corrected chi connectivity index (χ3v) is 4.09. The van der Waals surface area contributed by atoms with E-state index >= 15 is 0 Å². The minimum absolute atomic E-state index is 0.102. The number of rotatable bonds is 4. The van der Waals surface area contributed by atoms with E-state index in [-0.39, 0.29) is 12.0 Å². The normalized spacial score (nSPS) is 23.1. The number of aliphatic hydroxyl groups is 1. The standard InChI is InChI=1S/C15H26N4O/c1-9(2)14-18-13(16)10(3)15(19-14)17-8-11-4-6-12(20)7-5-11/h9,11-12,20H,4-8H2,1-3H3,(H3,16,17,18,19). The van der Waals surface area contributed by atoms with Crippen molar-refractivity contribution in [2.24, 2.45) is 5.92 Å². The number of aliphatic hydroxyl groups excluding tert-OH is 1. The molecule has 2 rings (SSSR count). The smallest absolute Gasteiger partial charge is 0.135 e. The Hall–Kier alpha value is -1.36. The molecule has 0 bridgehead atoms. The Kier molecular flexibility index (Phi) is 4.81. The average Bonchev–Trinajstić information content (AvgIpc) is 2.42. The van der Waals surface area contributed by atoms with Crippen LogP contribution in [0.3, 0.4) is 0 Å². The van der Waals surface area contributed by atoms with E-state index in [1.54, 1.807) is 0 Å². The van der Waals surface area contributed by atoms with E-state index in [0.29, 0.717) is 11.7 Å². The SMILES string of the molecule is Cc1c(N)nc(C(C)C)nc1NCC1CCC(O)CC1. The van der Waals surface area contributed by atoms with E-state index in [2.05, 4.69) is 29.1 Å². The molecule has 1 fully saturated rings. The first-order chi connectivity index (χ1) is 9.47. The van der Waals surface area contributed by atoms with Gasteiger partial charge in [0.15, 0.2) is 0 Å². The highest BCUT2D eigenvalue weighted by Gasteiger charge is 2.20. The van der Waals surface area contributed by atoms with Crippen molar-refractivity contribution in [3.63, 3.8) is 0 Å². The molecule has 1 heterocycles. The maximum absolute atomic E-state index is 9.53. The molecule has 20 heavy (non-hydrogen) atoms. The maximum Gasteiger partial charge on any atom is 0.135 e. The van der Waals surface area contributed by atoms with Gasteiger partial charge in [-0.1, -0.05) is 13.8 Å². The Labute approximate surface area is 121 Å². The van der Waals surface area contributed by atoms with Gasteiger partial charge in [-0.25, -0.2) is 9.97 Å². The van der Waals surface area contributed by atoms with Gasteiger partial charge in [-0.3, -0.25) is 0 Å². The summed E-state index contributed by atoms with van der Waals surface area (Å²) in [7, 11) is 0. The number of anilines is 2. The number of aromatic nitrogens is 2. The molecule has 5 nitrogen and oxygen atoms in total. The Morgan fingerprint density at radius 1 is 1.25 bits per heavy atom. The van der Waals surface area contributed by atoms with Crippen molar-refractivity contribution in [1.29, 1.82) is 0 Å². The predicted molar refractivity (Wildman–Crippen MR) is 81.7 cm³/mol. The van der Waals surface area contributed by atoms with Crippen molar-refractivity contribution < 1.29 is 5.11 Å². The van der Waals surface area contributed by atoms with Crippen LogP contribution in [-0.4, -0.2) is 27.7 Å². The average molecular weight is 278 g/mol. The van der Waals surface area contributed by atoms with Gasteiger partial charge in [-0.05, 0) is 38.5 Å². The summed E-state index contributed by atoms with van der Waals surface area (Å²) in [6, 6.07) is 0. The summed E-state index contributed by atoms with van der Waals surface area (Å²) in [5.74, 6) is 3.08. The lowest BCUT2D eigenvalue weighted by Gasteiger charge is -2.26. The summed E-state index contributed by atoms with van der Waals surface area (Å²) in [4.78, 5) is 8.91. The lowest BCUT2D eigenvalue weighted by molar-refractivity contribution is 0.111. The molecule has 0 spiro atoms. The van der Waals surface area contributed by atoms with Gasteiger partial charge in [0.05, 0.1) is 6.10 Å². The van der Waals surface area contributed by atoms with E-state index in [0.717, 1.165) is 49.4 Å². The van der Waals surface area contributed by atoms with Gasteiger partial charge in [0.2, 0.25) is 0 Å². The van der Waals surface area contributed by atoms with Gasteiger partial charge in [-0.2, -0.15) is 0 Å². The van der Waals surface area contributed by atoms with Crippen molar-refractivity contribution in [2.45, 2.75) is 58.5 Å². The molecular formula is C15H26N4O. The van der Waals surface area contributed by atoms with E-state index in [1.165, 1.54) is 0 Å². The zero-order chi connectivity index (χ0) is 14.7. The quantitative estimate of drug-likeness (QED) is 0.788. The van der Waals surface area contributed by atoms with E-state index in [1.807, 2.05) is 6.92 Å². The van der Waals surface area contributed by atoms with Crippen LogP contribution in [0.4, 0.5) is 11.6 Å². The topological polar surface area (TPSA) is 84.1 Å². The Balaban J connectivity index is 2.01. The lowest BCUT2D eigenvalue weighted by atomic mass is 9.87. The van der Waals surface area contributed by atoms with Crippen LogP contribution in [0, 0.1) is 12.8 Å². The van der Waals surface area contributed by atoms with Gasteiger partial charge in [0, 0.05) is 18.0 Å². The minimum Gasteiger partial charge on any atom is -0.393 e. The molecule has 0 saturated heterocycles. The number of nitrogen functional groups attached to an aromatic ring is 1. The molecule has 1 aliphatic rings. The fourth-order valence-corrected chi connectivity index (χ4v) is 2.57. The van der Waals surface area contributed by atoms with Crippen LogP contribution in [0.1, 0.15) is 56.8 Å². The van der Waals surface area contributed by atoms with Crippen LogP contribution in [-0.2, 0) is 0 Å². The van der Waals surface area contributed by atoms with Gasteiger partial charge < -0.3 is 16.2 Å². The lowest BCUT2D eigenvalue weighted by Crippen LogP contribution is -2.24. The third kappa shape index (κ3) is 3.60. The second-order valence-corrected chi connectivity index (χ2v) is 6.15. The fourth-order valence-electron chi connectivity index (χ4n) is 2.57.